The second-order valence-corrected chi connectivity index (χ2v) is 6.15. The third-order valence-corrected chi connectivity index (χ3v) is 4.31. The van der Waals surface area contributed by atoms with E-state index < -0.39 is 23.8 Å². The molecule has 0 spiro atoms. The molecule has 0 atom stereocenters. The molecule has 0 bridgehead atoms. The number of ether oxygens (including phenoxy) is 1. The van der Waals surface area contributed by atoms with Gasteiger partial charge >= 0.3 is 11.9 Å². The monoisotopic (exact) mass is 384 g/mol. The van der Waals surface area contributed by atoms with E-state index in [1.54, 1.807) is 6.07 Å². The number of aliphatic imine (C=N–C) groups is 1. The van der Waals surface area contributed by atoms with Crippen LogP contribution in [-0.4, -0.2) is 58.9 Å². The van der Waals surface area contributed by atoms with Gasteiger partial charge in [0.1, 0.15) is 0 Å². The van der Waals surface area contributed by atoms with Gasteiger partial charge in [0.2, 0.25) is 0 Å². The van der Waals surface area contributed by atoms with Crippen molar-refractivity contribution in [2.45, 2.75) is 12.8 Å². The quantitative estimate of drug-likeness (QED) is 0.425. The number of benzene rings is 2. The van der Waals surface area contributed by atoms with Crippen molar-refractivity contribution < 1.29 is 34.1 Å². The molecular formula is C19H16N2O7. The van der Waals surface area contributed by atoms with Crippen LogP contribution in [0.1, 0.15) is 43.9 Å². The van der Waals surface area contributed by atoms with Crippen LogP contribution in [0.15, 0.2) is 29.3 Å². The standard InChI is InChI=1S/C19H16N2O7/c1-28-9-20-12-6-10-5-11(19(26)27)7-13-16(10)14(8-12)18(25)21(17(13)24)4-2-3-15(22)23/h5-9H,2-4H2,1H3,(H,22,23)(H,26,27)/b20-9-. The molecule has 0 unspecified atom stereocenters. The molecule has 2 aromatic carbocycles. The first-order valence-electron chi connectivity index (χ1n) is 8.32. The van der Waals surface area contributed by atoms with Crippen LogP contribution >= 0.6 is 0 Å². The maximum Gasteiger partial charge on any atom is 0.335 e. The summed E-state index contributed by atoms with van der Waals surface area (Å²) in [6.07, 6.45) is 1.05. The van der Waals surface area contributed by atoms with Gasteiger partial charge in [-0.25, -0.2) is 9.79 Å². The fourth-order valence-electron chi connectivity index (χ4n) is 3.12. The van der Waals surface area contributed by atoms with Crippen molar-refractivity contribution >= 4 is 46.6 Å². The number of carbonyl (C=O) groups excluding carboxylic acids is 2. The van der Waals surface area contributed by atoms with E-state index in [1.165, 1.54) is 31.7 Å². The minimum atomic E-state index is -1.22. The Bertz CT molecular complexity index is 1040. The Morgan fingerprint density at radius 1 is 1.11 bits per heavy atom. The van der Waals surface area contributed by atoms with E-state index in [9.17, 15) is 24.3 Å². The van der Waals surface area contributed by atoms with Crippen LogP contribution in [-0.2, 0) is 9.53 Å². The molecule has 9 heteroatoms. The third-order valence-electron chi connectivity index (χ3n) is 4.31. The van der Waals surface area contributed by atoms with E-state index in [0.29, 0.717) is 16.5 Å². The molecule has 9 nitrogen and oxygen atoms in total. The molecule has 0 aromatic heterocycles. The highest BCUT2D eigenvalue weighted by molar-refractivity contribution is 6.26. The fourth-order valence-corrected chi connectivity index (χ4v) is 3.12. The number of imide groups is 1. The van der Waals surface area contributed by atoms with Crippen LogP contribution in [0.25, 0.3) is 10.8 Å². The Balaban J connectivity index is 2.17. The van der Waals surface area contributed by atoms with Gasteiger partial charge in [-0.1, -0.05) is 0 Å². The minimum absolute atomic E-state index is 0.0853. The largest absolute Gasteiger partial charge is 0.486 e. The van der Waals surface area contributed by atoms with Crippen LogP contribution in [0.4, 0.5) is 5.69 Å². The highest BCUT2D eigenvalue weighted by Gasteiger charge is 2.34. The lowest BCUT2D eigenvalue weighted by Crippen LogP contribution is -2.41. The maximum absolute atomic E-state index is 12.9. The molecule has 0 saturated heterocycles. The van der Waals surface area contributed by atoms with E-state index in [0.717, 1.165) is 4.90 Å². The average Bonchev–Trinajstić information content (AvgIpc) is 2.65. The smallest absolute Gasteiger partial charge is 0.335 e. The lowest BCUT2D eigenvalue weighted by molar-refractivity contribution is -0.137. The van der Waals surface area contributed by atoms with Gasteiger partial charge < -0.3 is 14.9 Å². The average molecular weight is 384 g/mol. The van der Waals surface area contributed by atoms with Crippen LogP contribution in [0.5, 0.6) is 0 Å². The summed E-state index contributed by atoms with van der Waals surface area (Å²) in [6.45, 7) is -0.0895. The number of hydrogen-bond acceptors (Lipinski definition) is 6. The molecule has 1 aliphatic rings. The van der Waals surface area contributed by atoms with E-state index in [2.05, 4.69) is 4.99 Å². The van der Waals surface area contributed by atoms with E-state index in [4.69, 9.17) is 9.84 Å². The van der Waals surface area contributed by atoms with Crippen molar-refractivity contribution in [2.75, 3.05) is 13.7 Å². The SMILES string of the molecule is CO/C=N\c1cc2c3c(cc(C(=O)O)cc3c1)C(=O)N(CCCC(=O)O)C2=O. The molecule has 0 radical (unpaired) electrons. The normalized spacial score (nSPS) is 13.4. The number of carboxylic acid groups (broad SMARTS) is 2. The van der Waals surface area contributed by atoms with E-state index in [1.807, 2.05) is 0 Å². The lowest BCUT2D eigenvalue weighted by atomic mass is 9.91. The van der Waals surface area contributed by atoms with Gasteiger partial charge in [-0.05, 0) is 36.1 Å². The molecule has 2 amide bonds. The van der Waals surface area contributed by atoms with Crippen molar-refractivity contribution in [2.24, 2.45) is 4.99 Å². The van der Waals surface area contributed by atoms with Crippen molar-refractivity contribution in [1.29, 1.82) is 0 Å². The summed E-state index contributed by atoms with van der Waals surface area (Å²) in [5.74, 6) is -3.48. The zero-order valence-corrected chi connectivity index (χ0v) is 14.8. The van der Waals surface area contributed by atoms with Gasteiger partial charge in [-0.2, -0.15) is 0 Å². The number of rotatable bonds is 7. The van der Waals surface area contributed by atoms with Crippen LogP contribution in [0.3, 0.4) is 0 Å². The molecule has 1 aliphatic heterocycles. The van der Waals surface area contributed by atoms with E-state index in [-0.39, 0.29) is 36.1 Å². The minimum Gasteiger partial charge on any atom is -0.486 e. The summed E-state index contributed by atoms with van der Waals surface area (Å²) in [5, 5.41) is 18.9. The van der Waals surface area contributed by atoms with Crippen LogP contribution < -0.4 is 0 Å². The Morgan fingerprint density at radius 3 is 2.39 bits per heavy atom. The van der Waals surface area contributed by atoms with E-state index >= 15 is 0 Å². The summed E-state index contributed by atoms with van der Waals surface area (Å²) in [7, 11) is 1.41. The zero-order chi connectivity index (χ0) is 20.4. The number of aromatic carboxylic acids is 1. The first-order chi connectivity index (χ1) is 13.3. The molecule has 28 heavy (non-hydrogen) atoms. The molecular weight excluding hydrogens is 368 g/mol. The number of aliphatic carboxylic acids is 1. The summed E-state index contributed by atoms with van der Waals surface area (Å²) >= 11 is 0. The Hall–Kier alpha value is -3.75. The van der Waals surface area contributed by atoms with Gasteiger partial charge in [0.25, 0.3) is 11.8 Å². The highest BCUT2D eigenvalue weighted by Crippen LogP contribution is 2.35. The number of carbonyl (C=O) groups is 4. The number of methoxy groups -OCH3 is 1. The fraction of sp³-hybridized carbons (Fsp3) is 0.211. The van der Waals surface area contributed by atoms with Gasteiger partial charge in [-0.3, -0.25) is 19.3 Å². The second-order valence-electron chi connectivity index (χ2n) is 6.15. The summed E-state index contributed by atoms with van der Waals surface area (Å²) in [5.41, 5.74) is 0.533. The molecule has 0 saturated carbocycles. The molecule has 144 valence electrons. The predicted octanol–water partition coefficient (Wildman–Crippen LogP) is 2.31. The number of nitrogens with zero attached hydrogens (tertiary/aromatic N) is 2. The van der Waals surface area contributed by atoms with Gasteiger partial charge in [-0.15, -0.1) is 0 Å². The zero-order valence-electron chi connectivity index (χ0n) is 14.8. The molecule has 0 fully saturated rings. The summed E-state index contributed by atoms with van der Waals surface area (Å²) < 4.78 is 4.78. The topological polar surface area (TPSA) is 134 Å². The molecule has 3 rings (SSSR count). The highest BCUT2D eigenvalue weighted by atomic mass is 16.5. The number of carboxylic acids is 2. The lowest BCUT2D eigenvalue weighted by Gasteiger charge is -2.27. The Kier molecular flexibility index (Phi) is 5.08. The van der Waals surface area contributed by atoms with Crippen molar-refractivity contribution in [3.05, 3.63) is 41.0 Å². The van der Waals surface area contributed by atoms with Gasteiger partial charge in [0, 0.05) is 23.9 Å². The molecule has 2 N–H and O–H groups in total. The van der Waals surface area contributed by atoms with Crippen LogP contribution in [0, 0.1) is 0 Å². The first kappa shape index (κ1) is 19.0. The molecule has 2 aromatic rings. The van der Waals surface area contributed by atoms with Crippen molar-refractivity contribution in [3.8, 4) is 0 Å². The Labute approximate surface area is 158 Å². The molecule has 0 aliphatic carbocycles. The second kappa shape index (κ2) is 7.47. The Morgan fingerprint density at radius 2 is 1.79 bits per heavy atom. The summed E-state index contributed by atoms with van der Waals surface area (Å²) in [6, 6.07) is 5.65. The summed E-state index contributed by atoms with van der Waals surface area (Å²) in [4.78, 5) is 52.9. The van der Waals surface area contributed by atoms with Gasteiger partial charge in [0.05, 0.1) is 23.9 Å². The number of hydrogen-bond donors (Lipinski definition) is 2. The molecule has 1 heterocycles. The first-order valence-corrected chi connectivity index (χ1v) is 8.32. The number of amides is 2. The van der Waals surface area contributed by atoms with Crippen molar-refractivity contribution in [3.63, 3.8) is 0 Å². The van der Waals surface area contributed by atoms with Crippen molar-refractivity contribution in [1.82, 2.24) is 4.90 Å². The maximum atomic E-state index is 12.9. The van der Waals surface area contributed by atoms with Crippen LogP contribution in [0.2, 0.25) is 0 Å². The third kappa shape index (κ3) is 3.41. The predicted molar refractivity (Wildman–Crippen MR) is 98.3 cm³/mol. The van der Waals surface area contributed by atoms with Gasteiger partial charge in [0.15, 0.2) is 6.40 Å².